The molecular weight excluding hydrogens is 302 g/mol. The summed E-state index contributed by atoms with van der Waals surface area (Å²) in [4.78, 5) is 22.0. The Bertz CT molecular complexity index is 629. The van der Waals surface area contributed by atoms with Crippen LogP contribution in [0.1, 0.15) is 22.5 Å². The monoisotopic (exact) mass is 319 g/mol. The predicted octanol–water partition coefficient (Wildman–Crippen LogP) is 2.70. The number of hydrogen-bond donors (Lipinski definition) is 1. The molecule has 2 aromatic heterocycles. The van der Waals surface area contributed by atoms with Crippen LogP contribution in [0.3, 0.4) is 0 Å². The molecule has 5 heterocycles. The second kappa shape index (κ2) is 5.51. The maximum atomic E-state index is 12.4. The quantitative estimate of drug-likeness (QED) is 0.946. The maximum Gasteiger partial charge on any atom is 0.261 e. The molecule has 3 aliphatic rings. The Morgan fingerprint density at radius 3 is 2.81 bits per heavy atom. The van der Waals surface area contributed by atoms with Gasteiger partial charge in [0.15, 0.2) is 0 Å². The number of nitrogens with one attached hydrogen (secondary N) is 1. The van der Waals surface area contributed by atoms with Crippen LogP contribution >= 0.6 is 22.7 Å². The van der Waals surface area contributed by atoms with E-state index >= 15 is 0 Å². The van der Waals surface area contributed by atoms with E-state index in [0.717, 1.165) is 21.2 Å². The zero-order valence-corrected chi connectivity index (χ0v) is 13.3. The molecule has 4 nitrogen and oxygen atoms in total. The van der Waals surface area contributed by atoms with E-state index in [1.807, 2.05) is 23.8 Å². The van der Waals surface area contributed by atoms with Gasteiger partial charge in [0.2, 0.25) is 0 Å². The highest BCUT2D eigenvalue weighted by molar-refractivity contribution is 7.22. The molecule has 3 aliphatic heterocycles. The Morgan fingerprint density at radius 2 is 2.14 bits per heavy atom. The van der Waals surface area contributed by atoms with Crippen molar-refractivity contribution in [2.24, 2.45) is 5.92 Å². The Morgan fingerprint density at radius 1 is 1.29 bits per heavy atom. The van der Waals surface area contributed by atoms with Gasteiger partial charge in [-0.25, -0.2) is 0 Å². The summed E-state index contributed by atoms with van der Waals surface area (Å²) in [7, 11) is 0. The molecule has 0 radical (unpaired) electrons. The topological polar surface area (TPSA) is 45.2 Å². The van der Waals surface area contributed by atoms with Crippen LogP contribution in [0.5, 0.6) is 0 Å². The lowest BCUT2D eigenvalue weighted by atomic mass is 9.84. The molecule has 0 aromatic carbocycles. The number of thiazole rings is 1. The molecule has 3 fully saturated rings. The fourth-order valence-corrected chi connectivity index (χ4v) is 4.92. The number of hydrogen-bond acceptors (Lipinski definition) is 5. The van der Waals surface area contributed by atoms with Crippen LogP contribution in [0.2, 0.25) is 0 Å². The van der Waals surface area contributed by atoms with Gasteiger partial charge in [0, 0.05) is 23.7 Å². The second-order valence-electron chi connectivity index (χ2n) is 5.75. The van der Waals surface area contributed by atoms with E-state index < -0.39 is 0 Å². The number of amides is 1. The molecule has 6 heteroatoms. The smallest absolute Gasteiger partial charge is 0.261 e. The fourth-order valence-electron chi connectivity index (χ4n) is 3.30. The first-order valence-electron chi connectivity index (χ1n) is 7.31. The van der Waals surface area contributed by atoms with E-state index in [9.17, 15) is 4.79 Å². The van der Waals surface area contributed by atoms with Gasteiger partial charge in [-0.15, -0.1) is 22.7 Å². The van der Waals surface area contributed by atoms with Crippen LogP contribution < -0.4 is 5.32 Å². The highest BCUT2D eigenvalue weighted by Crippen LogP contribution is 2.31. The van der Waals surface area contributed by atoms with E-state index in [4.69, 9.17) is 0 Å². The molecular formula is C15H17N3OS2. The molecule has 0 unspecified atom stereocenters. The summed E-state index contributed by atoms with van der Waals surface area (Å²) >= 11 is 3.16. The third kappa shape index (κ3) is 2.63. The van der Waals surface area contributed by atoms with Gasteiger partial charge in [0.1, 0.15) is 0 Å². The van der Waals surface area contributed by atoms with Gasteiger partial charge in [0.05, 0.1) is 15.3 Å². The fraction of sp³-hybridized carbons (Fsp3) is 0.467. The second-order valence-corrected chi connectivity index (χ2v) is 7.72. The van der Waals surface area contributed by atoms with E-state index in [-0.39, 0.29) is 5.91 Å². The number of rotatable bonds is 3. The van der Waals surface area contributed by atoms with Crippen molar-refractivity contribution in [3.8, 4) is 9.75 Å². The molecule has 110 valence electrons. The largest absolute Gasteiger partial charge is 0.347 e. The van der Waals surface area contributed by atoms with Gasteiger partial charge in [-0.2, -0.15) is 0 Å². The van der Waals surface area contributed by atoms with Gasteiger partial charge >= 0.3 is 0 Å². The first kappa shape index (κ1) is 13.4. The Balaban J connectivity index is 1.46. The zero-order chi connectivity index (χ0) is 14.2. The van der Waals surface area contributed by atoms with Crippen LogP contribution in [-0.4, -0.2) is 41.5 Å². The standard InChI is InChI=1S/C15H17N3OS2/c19-15(17-11-8-18-5-3-10(11)4-6-18)13-2-1-12(21-13)14-7-16-9-20-14/h1-2,7,9-11H,3-6,8H2,(H,17,19)/t11-/m0/s1. The van der Waals surface area contributed by atoms with Crippen molar-refractivity contribution in [1.29, 1.82) is 0 Å². The van der Waals surface area contributed by atoms with Crippen LogP contribution in [0.25, 0.3) is 9.75 Å². The minimum atomic E-state index is 0.0783. The predicted molar refractivity (Wildman–Crippen MR) is 85.8 cm³/mol. The molecule has 2 bridgehead atoms. The summed E-state index contributed by atoms with van der Waals surface area (Å²) in [5.41, 5.74) is 1.82. The third-order valence-electron chi connectivity index (χ3n) is 4.48. The van der Waals surface area contributed by atoms with E-state index in [1.165, 1.54) is 25.9 Å². The first-order valence-corrected chi connectivity index (χ1v) is 9.01. The lowest BCUT2D eigenvalue weighted by Gasteiger charge is -2.44. The number of carbonyl (C=O) groups excluding carboxylic acids is 1. The highest BCUT2D eigenvalue weighted by Gasteiger charge is 2.35. The number of piperidine rings is 3. The normalized spacial score (nSPS) is 27.7. The van der Waals surface area contributed by atoms with Gasteiger partial charge in [-0.3, -0.25) is 9.78 Å². The van der Waals surface area contributed by atoms with E-state index in [2.05, 4.69) is 15.2 Å². The van der Waals surface area contributed by atoms with Crippen molar-refractivity contribution in [3.05, 3.63) is 28.7 Å². The maximum absolute atomic E-state index is 12.4. The van der Waals surface area contributed by atoms with Crippen molar-refractivity contribution in [2.45, 2.75) is 18.9 Å². The lowest BCUT2D eigenvalue weighted by molar-refractivity contribution is 0.0622. The molecule has 21 heavy (non-hydrogen) atoms. The van der Waals surface area contributed by atoms with Gasteiger partial charge in [-0.05, 0) is 44.0 Å². The third-order valence-corrected chi connectivity index (χ3v) is 6.53. The van der Waals surface area contributed by atoms with E-state index in [1.54, 1.807) is 22.7 Å². The number of thiophene rings is 1. The minimum Gasteiger partial charge on any atom is -0.347 e. The summed E-state index contributed by atoms with van der Waals surface area (Å²) in [6.07, 6.45) is 4.30. The average Bonchev–Trinajstić information content (AvgIpc) is 3.20. The van der Waals surface area contributed by atoms with Crippen molar-refractivity contribution in [2.75, 3.05) is 19.6 Å². The Labute approximate surface area is 131 Å². The summed E-state index contributed by atoms with van der Waals surface area (Å²) in [6, 6.07) is 4.27. The lowest BCUT2D eigenvalue weighted by Crippen LogP contribution is -2.57. The molecule has 1 N–H and O–H groups in total. The van der Waals surface area contributed by atoms with Gasteiger partial charge < -0.3 is 10.2 Å². The van der Waals surface area contributed by atoms with Crippen LogP contribution in [0.15, 0.2) is 23.8 Å². The molecule has 3 saturated heterocycles. The SMILES string of the molecule is O=C(N[C@H]1CN2CCC1CC2)c1ccc(-c2cncs2)s1. The number of aromatic nitrogens is 1. The molecule has 5 rings (SSSR count). The molecule has 1 atom stereocenters. The van der Waals surface area contributed by atoms with Crippen LogP contribution in [0, 0.1) is 5.92 Å². The number of carbonyl (C=O) groups is 1. The summed E-state index contributed by atoms with van der Waals surface area (Å²) in [6.45, 7) is 3.42. The van der Waals surface area contributed by atoms with Crippen LogP contribution in [-0.2, 0) is 0 Å². The van der Waals surface area contributed by atoms with Gasteiger partial charge in [0.25, 0.3) is 5.91 Å². The van der Waals surface area contributed by atoms with E-state index in [0.29, 0.717) is 12.0 Å². The summed E-state index contributed by atoms with van der Waals surface area (Å²) < 4.78 is 0. The first-order chi connectivity index (χ1) is 10.3. The average molecular weight is 319 g/mol. The van der Waals surface area contributed by atoms with Crippen molar-refractivity contribution < 1.29 is 4.79 Å². The van der Waals surface area contributed by atoms with Crippen LogP contribution in [0.4, 0.5) is 0 Å². The molecule has 0 aliphatic carbocycles. The zero-order valence-electron chi connectivity index (χ0n) is 11.6. The van der Waals surface area contributed by atoms with Crippen molar-refractivity contribution in [1.82, 2.24) is 15.2 Å². The molecule has 2 aromatic rings. The molecule has 0 spiro atoms. The Kier molecular flexibility index (Phi) is 3.52. The highest BCUT2D eigenvalue weighted by atomic mass is 32.1. The summed E-state index contributed by atoms with van der Waals surface area (Å²) in [5, 5.41) is 3.24. The summed E-state index contributed by atoms with van der Waals surface area (Å²) in [5.74, 6) is 0.745. The van der Waals surface area contributed by atoms with Gasteiger partial charge in [-0.1, -0.05) is 0 Å². The van der Waals surface area contributed by atoms with Crippen molar-refractivity contribution >= 4 is 28.6 Å². The molecule has 0 saturated carbocycles. The number of fused-ring (bicyclic) bond motifs is 3. The van der Waals surface area contributed by atoms with Crippen molar-refractivity contribution in [3.63, 3.8) is 0 Å². The Hall–Kier alpha value is -1.24. The number of nitrogens with zero attached hydrogens (tertiary/aromatic N) is 2. The molecule has 1 amide bonds. The minimum absolute atomic E-state index is 0.0783.